The van der Waals surface area contributed by atoms with E-state index in [0.29, 0.717) is 11.3 Å². The van der Waals surface area contributed by atoms with Crippen LogP contribution < -0.4 is 16.2 Å². The maximum absolute atomic E-state index is 12.4. The van der Waals surface area contributed by atoms with Crippen LogP contribution in [-0.4, -0.2) is 48.7 Å². The molecule has 0 radical (unpaired) electrons. The second-order valence-electron chi connectivity index (χ2n) is 4.61. The molecular weight excluding hydrogens is 274 g/mol. The van der Waals surface area contributed by atoms with E-state index < -0.39 is 17.9 Å². The molecule has 0 heterocycles. The molecule has 1 aromatic rings. The molecule has 0 aliphatic rings. The number of hydrogen-bond acceptors (Lipinski definition) is 5. The highest BCUT2D eigenvalue weighted by molar-refractivity contribution is 6.00. The lowest BCUT2D eigenvalue weighted by molar-refractivity contribution is -0.122. The van der Waals surface area contributed by atoms with Gasteiger partial charge in [0.2, 0.25) is 11.8 Å². The SMILES string of the molecule is COc1ccc(C(=O)C(C)N(CC(N)=O)CC(N)=O)cc1. The Hall–Kier alpha value is -2.41. The zero-order valence-corrected chi connectivity index (χ0v) is 12.0. The fraction of sp³-hybridized carbons (Fsp3) is 0.357. The van der Waals surface area contributed by atoms with Crippen molar-refractivity contribution in [1.82, 2.24) is 4.90 Å². The number of Topliss-reactive ketones (excluding diaryl/α,β-unsaturated/α-hetero) is 1. The minimum absolute atomic E-state index is 0.216. The Bertz CT molecular complexity index is 512. The predicted octanol–water partition coefficient (Wildman–Crippen LogP) is -0.461. The number of primary amides is 2. The van der Waals surface area contributed by atoms with Crippen LogP contribution in [0.5, 0.6) is 5.75 Å². The van der Waals surface area contributed by atoms with Crippen molar-refractivity contribution in [3.63, 3.8) is 0 Å². The molecule has 0 fully saturated rings. The topological polar surface area (TPSA) is 116 Å². The van der Waals surface area contributed by atoms with E-state index in [4.69, 9.17) is 16.2 Å². The molecule has 0 spiro atoms. The van der Waals surface area contributed by atoms with Gasteiger partial charge in [-0.15, -0.1) is 0 Å². The summed E-state index contributed by atoms with van der Waals surface area (Å²) in [5, 5.41) is 0. The summed E-state index contributed by atoms with van der Waals surface area (Å²) in [6, 6.07) is 5.85. The van der Waals surface area contributed by atoms with Crippen molar-refractivity contribution in [3.8, 4) is 5.75 Å². The van der Waals surface area contributed by atoms with Crippen LogP contribution in [0.1, 0.15) is 17.3 Å². The first kappa shape index (κ1) is 16.6. The summed E-state index contributed by atoms with van der Waals surface area (Å²) >= 11 is 0. The molecule has 4 N–H and O–H groups in total. The van der Waals surface area contributed by atoms with Crippen molar-refractivity contribution in [1.29, 1.82) is 0 Å². The largest absolute Gasteiger partial charge is 0.497 e. The number of methoxy groups -OCH3 is 1. The normalized spacial score (nSPS) is 12.0. The Kier molecular flexibility index (Phi) is 5.86. The zero-order chi connectivity index (χ0) is 16.0. The van der Waals surface area contributed by atoms with Gasteiger partial charge in [0.25, 0.3) is 0 Å². The lowest BCUT2D eigenvalue weighted by Crippen LogP contribution is -2.47. The second kappa shape index (κ2) is 7.39. The number of benzene rings is 1. The molecular formula is C14H19N3O4. The Morgan fingerprint density at radius 2 is 1.57 bits per heavy atom. The van der Waals surface area contributed by atoms with Gasteiger partial charge in [-0.25, -0.2) is 0 Å². The van der Waals surface area contributed by atoms with Crippen LogP contribution in [0, 0.1) is 0 Å². The number of rotatable bonds is 8. The van der Waals surface area contributed by atoms with E-state index in [1.165, 1.54) is 12.0 Å². The van der Waals surface area contributed by atoms with E-state index in [-0.39, 0.29) is 18.9 Å². The van der Waals surface area contributed by atoms with Crippen LogP contribution in [0.25, 0.3) is 0 Å². The lowest BCUT2D eigenvalue weighted by Gasteiger charge is -2.25. The van der Waals surface area contributed by atoms with E-state index in [1.807, 2.05) is 0 Å². The first-order chi connectivity index (χ1) is 9.85. The summed E-state index contributed by atoms with van der Waals surface area (Å²) in [6.45, 7) is 1.16. The summed E-state index contributed by atoms with van der Waals surface area (Å²) < 4.78 is 5.02. The number of nitrogens with two attached hydrogens (primary N) is 2. The van der Waals surface area contributed by atoms with Crippen LogP contribution >= 0.6 is 0 Å². The van der Waals surface area contributed by atoms with Gasteiger partial charge in [-0.2, -0.15) is 0 Å². The molecule has 7 heteroatoms. The maximum atomic E-state index is 12.4. The molecule has 0 aromatic heterocycles. The van der Waals surface area contributed by atoms with Crippen molar-refractivity contribution < 1.29 is 19.1 Å². The third-order valence-electron chi connectivity index (χ3n) is 3.02. The van der Waals surface area contributed by atoms with E-state index in [0.717, 1.165) is 0 Å². The van der Waals surface area contributed by atoms with E-state index in [1.54, 1.807) is 31.2 Å². The first-order valence-electron chi connectivity index (χ1n) is 6.34. The van der Waals surface area contributed by atoms with Gasteiger partial charge in [-0.3, -0.25) is 19.3 Å². The predicted molar refractivity (Wildman–Crippen MR) is 76.7 cm³/mol. The minimum atomic E-state index is -0.696. The average Bonchev–Trinajstić information content (AvgIpc) is 2.44. The van der Waals surface area contributed by atoms with E-state index >= 15 is 0 Å². The van der Waals surface area contributed by atoms with Crippen molar-refractivity contribution in [3.05, 3.63) is 29.8 Å². The highest BCUT2D eigenvalue weighted by atomic mass is 16.5. The van der Waals surface area contributed by atoms with Crippen LogP contribution in [-0.2, 0) is 9.59 Å². The van der Waals surface area contributed by atoms with Gasteiger partial charge in [0.15, 0.2) is 5.78 Å². The Morgan fingerprint density at radius 1 is 1.10 bits per heavy atom. The van der Waals surface area contributed by atoms with Crippen molar-refractivity contribution in [2.75, 3.05) is 20.2 Å². The number of carbonyl (C=O) groups is 3. The van der Waals surface area contributed by atoms with Crippen LogP contribution in [0.15, 0.2) is 24.3 Å². The number of ether oxygens (including phenoxy) is 1. The molecule has 0 aliphatic heterocycles. The van der Waals surface area contributed by atoms with Gasteiger partial charge < -0.3 is 16.2 Å². The molecule has 0 bridgehead atoms. The van der Waals surface area contributed by atoms with Crippen molar-refractivity contribution >= 4 is 17.6 Å². The van der Waals surface area contributed by atoms with Gasteiger partial charge in [0.05, 0.1) is 26.2 Å². The molecule has 1 unspecified atom stereocenters. The van der Waals surface area contributed by atoms with Crippen LogP contribution in [0.4, 0.5) is 0 Å². The van der Waals surface area contributed by atoms with E-state index in [9.17, 15) is 14.4 Å². The quantitative estimate of drug-likeness (QED) is 0.629. The molecule has 2 amide bonds. The van der Waals surface area contributed by atoms with Crippen LogP contribution in [0.2, 0.25) is 0 Å². The van der Waals surface area contributed by atoms with Gasteiger partial charge in [-0.05, 0) is 31.2 Å². The third-order valence-corrected chi connectivity index (χ3v) is 3.02. The number of ketones is 1. The summed E-state index contributed by atoms with van der Waals surface area (Å²) in [6.07, 6.45) is 0. The van der Waals surface area contributed by atoms with Gasteiger partial charge in [0, 0.05) is 5.56 Å². The molecule has 0 saturated carbocycles. The standard InChI is InChI=1S/C14H19N3O4/c1-9(17(7-12(15)18)8-13(16)19)14(20)10-3-5-11(21-2)6-4-10/h3-6,9H,7-8H2,1-2H3,(H2,15,18)(H2,16,19). The fourth-order valence-electron chi connectivity index (χ4n) is 1.89. The molecule has 0 aliphatic carbocycles. The number of hydrogen-bond donors (Lipinski definition) is 2. The molecule has 0 saturated heterocycles. The molecule has 1 aromatic carbocycles. The molecule has 114 valence electrons. The monoisotopic (exact) mass is 293 g/mol. The minimum Gasteiger partial charge on any atom is -0.497 e. The number of nitrogens with zero attached hydrogens (tertiary/aromatic N) is 1. The average molecular weight is 293 g/mol. The van der Waals surface area contributed by atoms with Gasteiger partial charge in [-0.1, -0.05) is 0 Å². The highest BCUT2D eigenvalue weighted by Crippen LogP contribution is 2.14. The Balaban J connectivity index is 2.89. The third kappa shape index (κ3) is 4.88. The molecule has 1 rings (SSSR count). The fourth-order valence-corrected chi connectivity index (χ4v) is 1.89. The Labute approximate surface area is 122 Å². The van der Waals surface area contributed by atoms with Gasteiger partial charge in [0.1, 0.15) is 5.75 Å². The zero-order valence-electron chi connectivity index (χ0n) is 12.0. The lowest BCUT2D eigenvalue weighted by atomic mass is 10.0. The van der Waals surface area contributed by atoms with Gasteiger partial charge >= 0.3 is 0 Å². The maximum Gasteiger partial charge on any atom is 0.231 e. The first-order valence-corrected chi connectivity index (χ1v) is 6.34. The molecule has 21 heavy (non-hydrogen) atoms. The van der Waals surface area contributed by atoms with E-state index in [2.05, 4.69) is 0 Å². The Morgan fingerprint density at radius 3 is 1.95 bits per heavy atom. The number of amides is 2. The summed E-state index contributed by atoms with van der Waals surface area (Å²) in [5.74, 6) is -0.873. The highest BCUT2D eigenvalue weighted by Gasteiger charge is 2.25. The second-order valence-corrected chi connectivity index (χ2v) is 4.61. The summed E-state index contributed by atoms with van der Waals surface area (Å²) in [4.78, 5) is 35.8. The summed E-state index contributed by atoms with van der Waals surface area (Å²) in [7, 11) is 1.53. The van der Waals surface area contributed by atoms with Crippen LogP contribution in [0.3, 0.4) is 0 Å². The molecule has 7 nitrogen and oxygen atoms in total. The summed E-state index contributed by atoms with van der Waals surface area (Å²) in [5.41, 5.74) is 10.7. The number of carbonyl (C=O) groups excluding carboxylic acids is 3. The van der Waals surface area contributed by atoms with Crippen molar-refractivity contribution in [2.45, 2.75) is 13.0 Å². The molecule has 1 atom stereocenters. The smallest absolute Gasteiger partial charge is 0.231 e. The van der Waals surface area contributed by atoms with Crippen molar-refractivity contribution in [2.24, 2.45) is 11.5 Å².